The molecule has 1 aromatic heterocycles. The standard InChI is InChI=1S/C26H24N2O4S/c1-16-23(15-24(30)28-22(26(31)32)13-17-9-11-20(29)12-10-17)33-25(27-16)14-19-7-4-6-18-5-2-3-8-21(18)19/h2-12,22,29H,13-15H2,1H3,(H,28,30)(H,31,32). The molecule has 0 saturated heterocycles. The summed E-state index contributed by atoms with van der Waals surface area (Å²) in [5, 5.41) is 24.8. The van der Waals surface area contributed by atoms with Gasteiger partial charge in [-0.2, -0.15) is 0 Å². The lowest BCUT2D eigenvalue weighted by atomic mass is 10.0. The number of nitrogens with one attached hydrogen (secondary N) is 1. The van der Waals surface area contributed by atoms with Gasteiger partial charge in [-0.25, -0.2) is 9.78 Å². The molecule has 0 aliphatic rings. The van der Waals surface area contributed by atoms with Crippen LogP contribution in [-0.4, -0.2) is 33.1 Å². The van der Waals surface area contributed by atoms with Crippen molar-refractivity contribution in [3.63, 3.8) is 0 Å². The van der Waals surface area contributed by atoms with Gasteiger partial charge in [-0.3, -0.25) is 4.79 Å². The third kappa shape index (κ3) is 5.56. The molecule has 33 heavy (non-hydrogen) atoms. The Morgan fingerprint density at radius 1 is 1.03 bits per heavy atom. The Bertz CT molecular complexity index is 1290. The molecule has 3 aromatic carbocycles. The summed E-state index contributed by atoms with van der Waals surface area (Å²) in [7, 11) is 0. The monoisotopic (exact) mass is 460 g/mol. The van der Waals surface area contributed by atoms with Gasteiger partial charge in [0, 0.05) is 17.7 Å². The number of carbonyl (C=O) groups excluding carboxylic acids is 1. The number of benzene rings is 3. The third-order valence-corrected chi connectivity index (χ3v) is 6.65. The van der Waals surface area contributed by atoms with Crippen LogP contribution in [0.4, 0.5) is 0 Å². The highest BCUT2D eigenvalue weighted by Gasteiger charge is 2.22. The lowest BCUT2D eigenvalue weighted by Crippen LogP contribution is -2.43. The zero-order chi connectivity index (χ0) is 23.4. The number of hydrogen-bond donors (Lipinski definition) is 3. The van der Waals surface area contributed by atoms with Crippen LogP contribution in [0.1, 0.15) is 26.7 Å². The second-order valence-corrected chi connectivity index (χ2v) is 9.11. The lowest BCUT2D eigenvalue weighted by Gasteiger charge is -2.14. The molecule has 0 saturated carbocycles. The van der Waals surface area contributed by atoms with Gasteiger partial charge in [-0.1, -0.05) is 54.6 Å². The number of amides is 1. The van der Waals surface area contributed by atoms with E-state index in [0.29, 0.717) is 12.0 Å². The number of nitrogens with zero attached hydrogens (tertiary/aromatic N) is 1. The van der Waals surface area contributed by atoms with E-state index in [0.717, 1.165) is 15.6 Å². The Morgan fingerprint density at radius 3 is 2.52 bits per heavy atom. The van der Waals surface area contributed by atoms with Crippen molar-refractivity contribution in [2.45, 2.75) is 32.2 Å². The normalized spacial score (nSPS) is 11.9. The molecule has 1 atom stereocenters. The molecular formula is C26H24N2O4S. The number of aliphatic carboxylic acids is 1. The van der Waals surface area contributed by atoms with Crippen LogP contribution in [0.3, 0.4) is 0 Å². The van der Waals surface area contributed by atoms with Crippen LogP contribution in [0.15, 0.2) is 66.7 Å². The number of carboxylic acid groups (broad SMARTS) is 1. The van der Waals surface area contributed by atoms with Gasteiger partial charge in [0.05, 0.1) is 17.1 Å². The van der Waals surface area contributed by atoms with Crippen molar-refractivity contribution in [1.29, 1.82) is 0 Å². The molecule has 0 radical (unpaired) electrons. The number of aromatic hydroxyl groups is 1. The van der Waals surface area contributed by atoms with E-state index in [2.05, 4.69) is 34.6 Å². The van der Waals surface area contributed by atoms with Crippen LogP contribution < -0.4 is 5.32 Å². The summed E-state index contributed by atoms with van der Waals surface area (Å²) in [4.78, 5) is 29.8. The zero-order valence-corrected chi connectivity index (χ0v) is 18.9. The summed E-state index contributed by atoms with van der Waals surface area (Å²) >= 11 is 1.49. The average Bonchev–Trinajstić information content (AvgIpc) is 3.13. The maximum atomic E-state index is 12.6. The van der Waals surface area contributed by atoms with Crippen molar-refractivity contribution in [3.05, 3.63) is 93.4 Å². The van der Waals surface area contributed by atoms with Crippen molar-refractivity contribution in [2.24, 2.45) is 0 Å². The molecule has 0 aliphatic heterocycles. The van der Waals surface area contributed by atoms with Gasteiger partial charge in [-0.15, -0.1) is 11.3 Å². The number of phenolic OH excluding ortho intramolecular Hbond substituents is 1. The maximum Gasteiger partial charge on any atom is 0.326 e. The van der Waals surface area contributed by atoms with E-state index in [4.69, 9.17) is 0 Å². The second kappa shape index (κ2) is 9.83. The Labute approximate surface area is 195 Å². The average molecular weight is 461 g/mol. The van der Waals surface area contributed by atoms with Gasteiger partial charge >= 0.3 is 5.97 Å². The maximum absolute atomic E-state index is 12.6. The first-order chi connectivity index (χ1) is 15.9. The number of thiazole rings is 1. The van der Waals surface area contributed by atoms with Crippen LogP contribution in [0.25, 0.3) is 10.8 Å². The predicted octanol–water partition coefficient (Wildman–Crippen LogP) is 4.26. The fourth-order valence-electron chi connectivity index (χ4n) is 3.80. The number of carboxylic acids is 1. The number of hydrogen-bond acceptors (Lipinski definition) is 5. The SMILES string of the molecule is Cc1nc(Cc2cccc3ccccc23)sc1CC(=O)NC(Cc1ccc(O)cc1)C(=O)O. The van der Waals surface area contributed by atoms with E-state index in [1.807, 2.05) is 25.1 Å². The summed E-state index contributed by atoms with van der Waals surface area (Å²) < 4.78 is 0. The lowest BCUT2D eigenvalue weighted by molar-refractivity contribution is -0.141. The first-order valence-electron chi connectivity index (χ1n) is 10.6. The molecule has 0 fully saturated rings. The van der Waals surface area contributed by atoms with Crippen molar-refractivity contribution in [3.8, 4) is 5.75 Å². The predicted molar refractivity (Wildman–Crippen MR) is 129 cm³/mol. The molecule has 168 valence electrons. The number of carbonyl (C=O) groups is 2. The summed E-state index contributed by atoms with van der Waals surface area (Å²) in [6.07, 6.45) is 0.890. The van der Waals surface area contributed by atoms with Gasteiger partial charge < -0.3 is 15.5 Å². The number of rotatable bonds is 8. The van der Waals surface area contributed by atoms with Crippen LogP contribution in [0.2, 0.25) is 0 Å². The molecular weight excluding hydrogens is 436 g/mol. The first-order valence-corrected chi connectivity index (χ1v) is 11.4. The van der Waals surface area contributed by atoms with E-state index < -0.39 is 12.0 Å². The van der Waals surface area contributed by atoms with Crippen LogP contribution in [-0.2, 0) is 28.9 Å². The molecule has 0 bridgehead atoms. The summed E-state index contributed by atoms with van der Waals surface area (Å²) in [5.41, 5.74) is 2.68. The molecule has 3 N–H and O–H groups in total. The van der Waals surface area contributed by atoms with Gasteiger partial charge in [0.1, 0.15) is 11.8 Å². The van der Waals surface area contributed by atoms with Crippen molar-refractivity contribution < 1.29 is 19.8 Å². The molecule has 6 nitrogen and oxygen atoms in total. The van der Waals surface area contributed by atoms with Gasteiger partial charge in [0.2, 0.25) is 5.91 Å². The minimum absolute atomic E-state index is 0.0817. The van der Waals surface area contributed by atoms with E-state index in [9.17, 15) is 19.8 Å². The Kier molecular flexibility index (Phi) is 6.70. The number of aryl methyl sites for hydroxylation is 1. The molecule has 4 aromatic rings. The minimum Gasteiger partial charge on any atom is -0.508 e. The highest BCUT2D eigenvalue weighted by molar-refractivity contribution is 7.11. The Balaban J connectivity index is 1.43. The molecule has 0 spiro atoms. The van der Waals surface area contributed by atoms with Gasteiger partial charge in [0.15, 0.2) is 0 Å². The van der Waals surface area contributed by atoms with Crippen molar-refractivity contribution in [2.75, 3.05) is 0 Å². The van der Waals surface area contributed by atoms with E-state index in [1.165, 1.54) is 39.8 Å². The van der Waals surface area contributed by atoms with Gasteiger partial charge in [0.25, 0.3) is 0 Å². The second-order valence-electron chi connectivity index (χ2n) is 7.94. The fraction of sp³-hybridized carbons (Fsp3) is 0.192. The molecule has 7 heteroatoms. The molecule has 0 aliphatic carbocycles. The molecule has 1 unspecified atom stereocenters. The Hall–Kier alpha value is -3.71. The topological polar surface area (TPSA) is 99.5 Å². The summed E-state index contributed by atoms with van der Waals surface area (Å²) in [6.45, 7) is 1.87. The van der Waals surface area contributed by atoms with E-state index >= 15 is 0 Å². The van der Waals surface area contributed by atoms with Crippen molar-refractivity contribution in [1.82, 2.24) is 10.3 Å². The highest BCUT2D eigenvalue weighted by atomic mass is 32.1. The molecule has 1 heterocycles. The number of fused-ring (bicyclic) bond motifs is 1. The smallest absolute Gasteiger partial charge is 0.326 e. The summed E-state index contributed by atoms with van der Waals surface area (Å²) in [5.74, 6) is -1.35. The third-order valence-electron chi connectivity index (χ3n) is 5.49. The van der Waals surface area contributed by atoms with Gasteiger partial charge in [-0.05, 0) is 41.0 Å². The molecule has 4 rings (SSSR count). The largest absolute Gasteiger partial charge is 0.508 e. The van der Waals surface area contributed by atoms with E-state index in [-0.39, 0.29) is 24.5 Å². The quantitative estimate of drug-likeness (QED) is 0.365. The van der Waals surface area contributed by atoms with Crippen LogP contribution in [0.5, 0.6) is 5.75 Å². The zero-order valence-electron chi connectivity index (χ0n) is 18.1. The Morgan fingerprint density at radius 2 is 1.76 bits per heavy atom. The van der Waals surface area contributed by atoms with Crippen molar-refractivity contribution >= 4 is 34.0 Å². The van der Waals surface area contributed by atoms with E-state index in [1.54, 1.807) is 12.1 Å². The highest BCUT2D eigenvalue weighted by Crippen LogP contribution is 2.25. The summed E-state index contributed by atoms with van der Waals surface area (Å²) in [6, 6.07) is 19.6. The fourth-order valence-corrected chi connectivity index (χ4v) is 4.89. The first kappa shape index (κ1) is 22.5. The molecule has 1 amide bonds. The van der Waals surface area contributed by atoms with Crippen LogP contribution >= 0.6 is 11.3 Å². The number of phenols is 1. The van der Waals surface area contributed by atoms with Crippen LogP contribution in [0, 0.1) is 6.92 Å². The minimum atomic E-state index is -1.10. The number of aromatic nitrogens is 1.